The van der Waals surface area contributed by atoms with E-state index in [1.807, 2.05) is 18.2 Å². The van der Waals surface area contributed by atoms with Crippen molar-refractivity contribution in [1.82, 2.24) is 4.98 Å². The summed E-state index contributed by atoms with van der Waals surface area (Å²) in [4.78, 5) is 4.10. The van der Waals surface area contributed by atoms with Crippen molar-refractivity contribution in [3.8, 4) is 0 Å². The van der Waals surface area contributed by atoms with Crippen LogP contribution in [0.1, 0.15) is 0 Å². The number of hydrogen-bond donors (Lipinski definition) is 2. The molecule has 0 bridgehead atoms. The first-order chi connectivity index (χ1) is 7.15. The van der Waals surface area contributed by atoms with E-state index in [2.05, 4.69) is 26.2 Å². The van der Waals surface area contributed by atoms with Gasteiger partial charge in [0.1, 0.15) is 5.00 Å². The van der Waals surface area contributed by atoms with Gasteiger partial charge in [-0.1, -0.05) is 22.9 Å². The second kappa shape index (κ2) is 4.38. The number of anilines is 3. The fraction of sp³-hybridized carbons (Fsp3) is 0. The minimum Gasteiger partial charge on any atom is -0.389 e. The summed E-state index contributed by atoms with van der Waals surface area (Å²) < 4.78 is 0.892. The molecule has 6 heteroatoms. The van der Waals surface area contributed by atoms with Crippen LogP contribution in [0.3, 0.4) is 0 Å². The highest BCUT2D eigenvalue weighted by Gasteiger charge is 2.03. The molecule has 2 rings (SSSR count). The molecule has 0 atom stereocenters. The van der Waals surface area contributed by atoms with Crippen molar-refractivity contribution in [1.29, 1.82) is 0 Å². The Bertz CT molecular complexity index is 486. The van der Waals surface area contributed by atoms with Crippen molar-refractivity contribution in [2.75, 3.05) is 11.1 Å². The monoisotopic (exact) mass is 303 g/mol. The minimum atomic E-state index is 0.683. The molecule has 0 aliphatic heterocycles. The van der Waals surface area contributed by atoms with E-state index in [9.17, 15) is 0 Å². The van der Waals surface area contributed by atoms with Crippen LogP contribution < -0.4 is 11.1 Å². The molecule has 3 nitrogen and oxygen atoms in total. The molecule has 1 heterocycles. The maximum atomic E-state index is 5.83. The molecular formula is C9H7BrClN3S. The molecule has 0 saturated carbocycles. The molecule has 0 aliphatic carbocycles. The number of hydrogen-bond acceptors (Lipinski definition) is 4. The lowest BCUT2D eigenvalue weighted by Gasteiger charge is -2.05. The molecule has 0 saturated heterocycles. The Morgan fingerprint density at radius 2 is 2.27 bits per heavy atom. The van der Waals surface area contributed by atoms with Crippen molar-refractivity contribution in [2.24, 2.45) is 0 Å². The molecule has 1 aromatic carbocycles. The zero-order valence-electron chi connectivity index (χ0n) is 7.50. The Morgan fingerprint density at radius 3 is 2.87 bits per heavy atom. The first kappa shape index (κ1) is 10.7. The molecule has 3 N–H and O–H groups in total. The van der Waals surface area contributed by atoms with Gasteiger partial charge in [-0.2, -0.15) is 0 Å². The number of nitrogens with zero attached hydrogens (tertiary/aromatic N) is 1. The zero-order chi connectivity index (χ0) is 10.8. The number of nitrogen functional groups attached to an aromatic ring is 1. The highest BCUT2D eigenvalue weighted by molar-refractivity contribution is 9.10. The number of aromatic nitrogens is 1. The average molecular weight is 305 g/mol. The van der Waals surface area contributed by atoms with E-state index >= 15 is 0 Å². The number of nitrogens with two attached hydrogens (primary N) is 1. The molecule has 1 aromatic heterocycles. The Labute approximate surface area is 104 Å². The molecule has 2 aromatic rings. The smallest absolute Gasteiger partial charge is 0.189 e. The van der Waals surface area contributed by atoms with E-state index in [0.29, 0.717) is 10.0 Å². The Morgan fingerprint density at radius 1 is 1.47 bits per heavy atom. The number of rotatable bonds is 2. The first-order valence-electron chi connectivity index (χ1n) is 4.08. The molecule has 78 valence electrons. The minimum absolute atomic E-state index is 0.683. The van der Waals surface area contributed by atoms with E-state index in [1.165, 1.54) is 11.3 Å². The van der Waals surface area contributed by atoms with Crippen LogP contribution in [0, 0.1) is 0 Å². The molecule has 0 radical (unpaired) electrons. The third kappa shape index (κ3) is 2.62. The van der Waals surface area contributed by atoms with Crippen LogP contribution in [-0.4, -0.2) is 4.98 Å². The predicted octanol–water partition coefficient (Wildman–Crippen LogP) is 3.88. The van der Waals surface area contributed by atoms with Crippen LogP contribution in [0.5, 0.6) is 0 Å². The summed E-state index contributed by atoms with van der Waals surface area (Å²) in [6.07, 6.45) is 1.62. The van der Waals surface area contributed by atoms with Gasteiger partial charge in [0.25, 0.3) is 0 Å². The van der Waals surface area contributed by atoms with Crippen LogP contribution in [0.25, 0.3) is 0 Å². The molecule has 0 aliphatic rings. The first-order valence-corrected chi connectivity index (χ1v) is 6.07. The normalized spacial score (nSPS) is 10.3. The third-order valence-electron chi connectivity index (χ3n) is 1.70. The topological polar surface area (TPSA) is 50.9 Å². The largest absolute Gasteiger partial charge is 0.389 e. The van der Waals surface area contributed by atoms with Crippen LogP contribution in [0.15, 0.2) is 28.9 Å². The van der Waals surface area contributed by atoms with E-state index in [1.54, 1.807) is 6.20 Å². The lowest BCUT2D eigenvalue weighted by molar-refractivity contribution is 1.39. The van der Waals surface area contributed by atoms with Gasteiger partial charge in [-0.3, -0.25) is 0 Å². The number of nitrogens with one attached hydrogen (secondary N) is 1. The summed E-state index contributed by atoms with van der Waals surface area (Å²) in [5.41, 5.74) is 6.49. The second-order valence-electron chi connectivity index (χ2n) is 2.82. The Hall–Kier alpha value is -0.780. The highest BCUT2D eigenvalue weighted by Crippen LogP contribution is 2.30. The van der Waals surface area contributed by atoms with Crippen LogP contribution in [-0.2, 0) is 0 Å². The third-order valence-corrected chi connectivity index (χ3v) is 3.33. The van der Waals surface area contributed by atoms with Gasteiger partial charge in [0.15, 0.2) is 5.13 Å². The summed E-state index contributed by atoms with van der Waals surface area (Å²) in [6, 6.07) is 5.51. The molecule has 0 fully saturated rings. The van der Waals surface area contributed by atoms with Gasteiger partial charge >= 0.3 is 0 Å². The maximum absolute atomic E-state index is 5.83. The SMILES string of the molecule is Nc1cnc(Nc2ccc(Cl)cc2Br)s1. The summed E-state index contributed by atoms with van der Waals surface area (Å²) in [5, 5.41) is 5.27. The van der Waals surface area contributed by atoms with Gasteiger partial charge in [0.05, 0.1) is 11.9 Å². The lowest BCUT2D eigenvalue weighted by Crippen LogP contribution is -1.89. The summed E-state index contributed by atoms with van der Waals surface area (Å²) >= 11 is 10.6. The van der Waals surface area contributed by atoms with Crippen LogP contribution in [0.2, 0.25) is 5.02 Å². The standard InChI is InChI=1S/C9H7BrClN3S/c10-6-3-5(11)1-2-7(6)14-9-13-4-8(12)15-9/h1-4H,12H2,(H,13,14). The number of thiazole rings is 1. The van der Waals surface area contributed by atoms with Crippen LogP contribution in [0.4, 0.5) is 15.8 Å². The average Bonchev–Trinajstić information content (AvgIpc) is 2.56. The quantitative estimate of drug-likeness (QED) is 0.885. The van der Waals surface area contributed by atoms with Crippen molar-refractivity contribution in [2.45, 2.75) is 0 Å². The van der Waals surface area contributed by atoms with Gasteiger partial charge in [0.2, 0.25) is 0 Å². The lowest BCUT2D eigenvalue weighted by atomic mass is 10.3. The van der Waals surface area contributed by atoms with Gasteiger partial charge in [-0.05, 0) is 34.1 Å². The van der Waals surface area contributed by atoms with E-state index < -0.39 is 0 Å². The van der Waals surface area contributed by atoms with E-state index in [0.717, 1.165) is 15.3 Å². The fourth-order valence-corrected chi connectivity index (χ4v) is 2.43. The maximum Gasteiger partial charge on any atom is 0.189 e. The Kier molecular flexibility index (Phi) is 3.14. The molecule has 15 heavy (non-hydrogen) atoms. The van der Waals surface area contributed by atoms with Crippen LogP contribution >= 0.6 is 38.9 Å². The predicted molar refractivity (Wildman–Crippen MR) is 69.0 cm³/mol. The number of halogens is 2. The fourth-order valence-electron chi connectivity index (χ4n) is 1.05. The summed E-state index contributed by atoms with van der Waals surface area (Å²) in [5.74, 6) is 0. The van der Waals surface area contributed by atoms with Gasteiger partial charge in [0, 0.05) is 9.50 Å². The van der Waals surface area contributed by atoms with Crippen molar-refractivity contribution in [3.05, 3.63) is 33.9 Å². The number of benzene rings is 1. The van der Waals surface area contributed by atoms with E-state index in [-0.39, 0.29) is 0 Å². The van der Waals surface area contributed by atoms with Crippen molar-refractivity contribution < 1.29 is 0 Å². The Balaban J connectivity index is 2.24. The van der Waals surface area contributed by atoms with Gasteiger partial charge < -0.3 is 11.1 Å². The molecule has 0 spiro atoms. The summed E-state index contributed by atoms with van der Waals surface area (Å²) in [6.45, 7) is 0. The molecular weight excluding hydrogens is 298 g/mol. The summed E-state index contributed by atoms with van der Waals surface area (Å²) in [7, 11) is 0. The molecule has 0 amide bonds. The second-order valence-corrected chi connectivity index (χ2v) is 5.17. The zero-order valence-corrected chi connectivity index (χ0v) is 10.7. The van der Waals surface area contributed by atoms with E-state index in [4.69, 9.17) is 17.3 Å². The van der Waals surface area contributed by atoms with Gasteiger partial charge in [-0.25, -0.2) is 4.98 Å². The highest BCUT2D eigenvalue weighted by atomic mass is 79.9. The van der Waals surface area contributed by atoms with Crippen molar-refractivity contribution in [3.63, 3.8) is 0 Å². The van der Waals surface area contributed by atoms with Crippen molar-refractivity contribution >= 4 is 54.7 Å². The van der Waals surface area contributed by atoms with Gasteiger partial charge in [-0.15, -0.1) is 0 Å². The molecule has 0 unspecified atom stereocenters.